The van der Waals surface area contributed by atoms with Crippen LogP contribution in [0.1, 0.15) is 59.3 Å². The fourth-order valence-electron chi connectivity index (χ4n) is 3.65. The van der Waals surface area contributed by atoms with Gasteiger partial charge in [-0.3, -0.25) is 15.0 Å². The number of likely N-dealkylation sites (tertiary alicyclic amines) is 1. The number of rotatable bonds is 2. The number of imide groups is 1. The zero-order valence-corrected chi connectivity index (χ0v) is 13.6. The van der Waals surface area contributed by atoms with Gasteiger partial charge in [-0.2, -0.15) is 0 Å². The highest BCUT2D eigenvalue weighted by molar-refractivity contribution is 5.95. The van der Waals surface area contributed by atoms with Crippen LogP contribution in [0.15, 0.2) is 0 Å². The number of hydrogen-bond acceptors (Lipinski definition) is 3. The fourth-order valence-corrected chi connectivity index (χ4v) is 3.65. The van der Waals surface area contributed by atoms with Crippen LogP contribution in [0.2, 0.25) is 0 Å². The highest BCUT2D eigenvalue weighted by Crippen LogP contribution is 2.34. The third kappa shape index (κ3) is 4.99. The van der Waals surface area contributed by atoms with Gasteiger partial charge in [-0.25, -0.2) is 4.79 Å². The SMILES string of the molecule is CC(C)(C)NC(=O)NC(=O)CN1CCCC2CCCCC21. The standard InChI is InChI=1S/C16H29N3O2/c1-16(2,3)18-15(21)17-14(20)11-19-10-6-8-12-7-4-5-9-13(12)19/h12-13H,4-11H2,1-3H3,(H2,17,18,20,21). The first kappa shape index (κ1) is 16.3. The number of nitrogens with zero attached hydrogens (tertiary/aromatic N) is 1. The fraction of sp³-hybridized carbons (Fsp3) is 0.875. The Hall–Kier alpha value is -1.10. The average Bonchev–Trinajstić information content (AvgIpc) is 2.36. The lowest BCUT2D eigenvalue weighted by Gasteiger charge is -2.43. The van der Waals surface area contributed by atoms with Gasteiger partial charge in [-0.15, -0.1) is 0 Å². The van der Waals surface area contributed by atoms with Gasteiger partial charge in [-0.1, -0.05) is 12.8 Å². The van der Waals surface area contributed by atoms with Gasteiger partial charge < -0.3 is 5.32 Å². The molecule has 21 heavy (non-hydrogen) atoms. The number of piperidine rings is 1. The van der Waals surface area contributed by atoms with Gasteiger partial charge in [0.1, 0.15) is 0 Å². The van der Waals surface area contributed by atoms with Crippen molar-refractivity contribution in [2.24, 2.45) is 5.92 Å². The number of nitrogens with one attached hydrogen (secondary N) is 2. The van der Waals surface area contributed by atoms with E-state index in [1.807, 2.05) is 20.8 Å². The summed E-state index contributed by atoms with van der Waals surface area (Å²) in [4.78, 5) is 26.1. The molecule has 1 heterocycles. The van der Waals surface area contributed by atoms with Crippen molar-refractivity contribution in [2.45, 2.75) is 70.9 Å². The Labute approximate surface area is 127 Å². The Balaban J connectivity index is 1.82. The van der Waals surface area contributed by atoms with Crippen LogP contribution in [0.5, 0.6) is 0 Å². The maximum Gasteiger partial charge on any atom is 0.321 e. The second-order valence-corrected chi connectivity index (χ2v) is 7.48. The molecule has 2 N–H and O–H groups in total. The number of hydrogen-bond donors (Lipinski definition) is 2. The van der Waals surface area contributed by atoms with Gasteiger partial charge in [-0.05, 0) is 58.9 Å². The Morgan fingerprint density at radius 1 is 1.10 bits per heavy atom. The van der Waals surface area contributed by atoms with Crippen LogP contribution in [0.25, 0.3) is 0 Å². The first-order valence-corrected chi connectivity index (χ1v) is 8.21. The smallest absolute Gasteiger partial charge is 0.321 e. The van der Waals surface area contributed by atoms with Crippen molar-refractivity contribution in [3.8, 4) is 0 Å². The lowest BCUT2D eigenvalue weighted by molar-refractivity contribution is -0.122. The molecule has 120 valence electrons. The molecule has 0 aromatic heterocycles. The molecule has 2 aliphatic rings. The number of amides is 3. The normalized spacial score (nSPS) is 26.8. The molecule has 5 heteroatoms. The van der Waals surface area contributed by atoms with E-state index in [9.17, 15) is 9.59 Å². The highest BCUT2D eigenvalue weighted by Gasteiger charge is 2.34. The molecule has 2 rings (SSSR count). The molecule has 0 radical (unpaired) electrons. The van der Waals surface area contributed by atoms with E-state index in [1.165, 1.54) is 38.5 Å². The minimum Gasteiger partial charge on any atom is -0.333 e. The molecule has 1 saturated carbocycles. The van der Waals surface area contributed by atoms with Crippen LogP contribution in [0.4, 0.5) is 4.79 Å². The lowest BCUT2D eigenvalue weighted by atomic mass is 9.78. The Bertz CT molecular complexity index is 387. The van der Waals surface area contributed by atoms with Crippen molar-refractivity contribution < 1.29 is 9.59 Å². The van der Waals surface area contributed by atoms with E-state index in [0.717, 1.165) is 12.5 Å². The molecule has 0 aromatic rings. The van der Waals surface area contributed by atoms with Crippen molar-refractivity contribution >= 4 is 11.9 Å². The molecule has 5 nitrogen and oxygen atoms in total. The van der Waals surface area contributed by atoms with Gasteiger partial charge in [0.05, 0.1) is 6.54 Å². The monoisotopic (exact) mass is 295 g/mol. The lowest BCUT2D eigenvalue weighted by Crippen LogP contribution is -2.53. The van der Waals surface area contributed by atoms with E-state index in [-0.39, 0.29) is 11.4 Å². The van der Waals surface area contributed by atoms with Crippen LogP contribution in [-0.4, -0.2) is 41.5 Å². The van der Waals surface area contributed by atoms with E-state index in [4.69, 9.17) is 0 Å². The first-order valence-electron chi connectivity index (χ1n) is 8.21. The van der Waals surface area contributed by atoms with Crippen LogP contribution in [0.3, 0.4) is 0 Å². The van der Waals surface area contributed by atoms with Gasteiger partial charge in [0.15, 0.2) is 0 Å². The number of carbonyl (C=O) groups is 2. The summed E-state index contributed by atoms with van der Waals surface area (Å²) in [7, 11) is 0. The van der Waals surface area contributed by atoms with Gasteiger partial charge in [0.25, 0.3) is 0 Å². The van der Waals surface area contributed by atoms with E-state index in [1.54, 1.807) is 0 Å². The van der Waals surface area contributed by atoms with Crippen molar-refractivity contribution in [1.29, 1.82) is 0 Å². The summed E-state index contributed by atoms with van der Waals surface area (Å²) < 4.78 is 0. The summed E-state index contributed by atoms with van der Waals surface area (Å²) in [5.74, 6) is 0.562. The van der Waals surface area contributed by atoms with Gasteiger partial charge in [0.2, 0.25) is 5.91 Å². The number of fused-ring (bicyclic) bond motifs is 1. The van der Waals surface area contributed by atoms with E-state index in [0.29, 0.717) is 12.6 Å². The topological polar surface area (TPSA) is 61.4 Å². The maximum absolute atomic E-state index is 12.1. The molecule has 1 aliphatic heterocycles. The van der Waals surface area contributed by atoms with Crippen molar-refractivity contribution in [1.82, 2.24) is 15.5 Å². The summed E-state index contributed by atoms with van der Waals surface area (Å²) in [5, 5.41) is 5.20. The largest absolute Gasteiger partial charge is 0.333 e. The molecule has 0 spiro atoms. The second kappa shape index (κ2) is 6.77. The summed E-state index contributed by atoms with van der Waals surface area (Å²) in [6.45, 7) is 7.02. The van der Waals surface area contributed by atoms with Crippen molar-refractivity contribution in [2.75, 3.05) is 13.1 Å². The Kier molecular flexibility index (Phi) is 5.25. The predicted molar refractivity (Wildman–Crippen MR) is 83.0 cm³/mol. The van der Waals surface area contributed by atoms with Crippen LogP contribution >= 0.6 is 0 Å². The highest BCUT2D eigenvalue weighted by atomic mass is 16.2. The van der Waals surface area contributed by atoms with Crippen LogP contribution < -0.4 is 10.6 Å². The summed E-state index contributed by atoms with van der Waals surface area (Å²) in [6, 6.07) is 0.147. The molecular formula is C16H29N3O2. The third-order valence-corrected chi connectivity index (χ3v) is 4.45. The zero-order chi connectivity index (χ0) is 15.5. The first-order chi connectivity index (χ1) is 9.85. The predicted octanol–water partition coefficient (Wildman–Crippen LogP) is 2.27. The number of carbonyl (C=O) groups excluding carboxylic acids is 2. The summed E-state index contributed by atoms with van der Waals surface area (Å²) in [6.07, 6.45) is 7.56. The summed E-state index contributed by atoms with van der Waals surface area (Å²) >= 11 is 0. The molecule has 2 unspecified atom stereocenters. The minimum atomic E-state index is -0.398. The quantitative estimate of drug-likeness (QED) is 0.821. The third-order valence-electron chi connectivity index (χ3n) is 4.45. The van der Waals surface area contributed by atoms with E-state index >= 15 is 0 Å². The van der Waals surface area contributed by atoms with E-state index < -0.39 is 6.03 Å². The molecule has 3 amide bonds. The molecule has 2 atom stereocenters. The maximum atomic E-state index is 12.1. The van der Waals surface area contributed by atoms with Gasteiger partial charge >= 0.3 is 6.03 Å². The number of urea groups is 1. The molecule has 1 aliphatic carbocycles. The second-order valence-electron chi connectivity index (χ2n) is 7.48. The zero-order valence-electron chi connectivity index (χ0n) is 13.6. The van der Waals surface area contributed by atoms with Crippen LogP contribution in [0, 0.1) is 5.92 Å². The van der Waals surface area contributed by atoms with Gasteiger partial charge in [0, 0.05) is 11.6 Å². The Morgan fingerprint density at radius 3 is 2.48 bits per heavy atom. The van der Waals surface area contributed by atoms with Crippen molar-refractivity contribution in [3.05, 3.63) is 0 Å². The van der Waals surface area contributed by atoms with E-state index in [2.05, 4.69) is 15.5 Å². The summed E-state index contributed by atoms with van der Waals surface area (Å²) in [5.41, 5.74) is -0.329. The minimum absolute atomic E-state index is 0.192. The average molecular weight is 295 g/mol. The molecule has 2 fully saturated rings. The Morgan fingerprint density at radius 2 is 1.76 bits per heavy atom. The molecule has 1 saturated heterocycles. The molecule has 0 bridgehead atoms. The molecular weight excluding hydrogens is 266 g/mol. The molecule has 0 aromatic carbocycles. The van der Waals surface area contributed by atoms with Crippen molar-refractivity contribution in [3.63, 3.8) is 0 Å². The van der Waals surface area contributed by atoms with Crippen LogP contribution in [-0.2, 0) is 4.79 Å².